The van der Waals surface area contributed by atoms with Crippen molar-refractivity contribution in [1.82, 2.24) is 0 Å². The molecule has 1 aliphatic carbocycles. The first-order valence-electron chi connectivity index (χ1n) is 12.6. The third-order valence-corrected chi connectivity index (χ3v) is 28.8. The van der Waals surface area contributed by atoms with E-state index in [1.54, 1.807) is 0 Å². The first kappa shape index (κ1) is 27.7. The van der Waals surface area contributed by atoms with Gasteiger partial charge in [0.1, 0.15) is 0 Å². The van der Waals surface area contributed by atoms with Crippen LogP contribution in [0.25, 0.3) is 0 Å². The zero-order valence-electron chi connectivity index (χ0n) is 20.1. The maximum absolute atomic E-state index is 14.3. The van der Waals surface area contributed by atoms with Gasteiger partial charge in [-0.05, 0) is 0 Å². The van der Waals surface area contributed by atoms with Crippen molar-refractivity contribution in [3.05, 3.63) is 9.41 Å². The fourth-order valence-corrected chi connectivity index (χ4v) is 30.1. The molecule has 1 rings (SSSR count). The van der Waals surface area contributed by atoms with E-state index in [2.05, 4.69) is 26.8 Å². The van der Waals surface area contributed by atoms with Gasteiger partial charge >= 0.3 is 187 Å². The van der Waals surface area contributed by atoms with E-state index in [4.69, 9.17) is 9.05 Å². The van der Waals surface area contributed by atoms with Gasteiger partial charge in [-0.1, -0.05) is 0 Å². The predicted octanol–water partition coefficient (Wildman–Crippen LogP) is 9.11. The molecule has 0 aromatic rings. The molecule has 0 saturated heterocycles. The molecule has 0 amide bonds. The van der Waals surface area contributed by atoms with Gasteiger partial charge in [-0.2, -0.15) is 0 Å². The molecule has 0 spiro atoms. The molecule has 0 heterocycles. The predicted molar refractivity (Wildman–Crippen MR) is 130 cm³/mol. The van der Waals surface area contributed by atoms with Crippen LogP contribution in [0.3, 0.4) is 0 Å². The molecule has 0 unspecified atom stereocenters. The monoisotopic (exact) mass is 536 g/mol. The quantitative estimate of drug-likeness (QED) is 0.146. The van der Waals surface area contributed by atoms with Crippen molar-refractivity contribution in [2.45, 2.75) is 119 Å². The van der Waals surface area contributed by atoms with E-state index in [1.165, 1.54) is 87.3 Å². The van der Waals surface area contributed by atoms with E-state index < -0.39 is 26.0 Å². The first-order chi connectivity index (χ1) is 14.0. The van der Waals surface area contributed by atoms with Gasteiger partial charge < -0.3 is 0 Å². The van der Waals surface area contributed by atoms with Crippen LogP contribution < -0.4 is 0 Å². The van der Waals surface area contributed by atoms with E-state index in [9.17, 15) is 4.57 Å². The summed E-state index contributed by atoms with van der Waals surface area (Å²) in [6, 6.07) is 0. The zero-order valence-corrected chi connectivity index (χ0v) is 23.9. The Morgan fingerprint density at radius 3 is 1.66 bits per heavy atom. The Kier molecular flexibility index (Phi) is 14.8. The summed E-state index contributed by atoms with van der Waals surface area (Å²) in [5.41, 5.74) is 0. The molecule has 1 saturated carbocycles. The van der Waals surface area contributed by atoms with Gasteiger partial charge in [-0.15, -0.1) is 0 Å². The van der Waals surface area contributed by atoms with Crippen LogP contribution in [-0.4, -0.2) is 31.6 Å². The van der Waals surface area contributed by atoms with Crippen LogP contribution in [0.4, 0.5) is 0 Å². The van der Waals surface area contributed by atoms with E-state index >= 15 is 0 Å². The molecule has 0 aromatic carbocycles. The van der Waals surface area contributed by atoms with Gasteiger partial charge in [0.05, 0.1) is 0 Å². The van der Waals surface area contributed by atoms with Gasteiger partial charge in [0.25, 0.3) is 0 Å². The number of hydrogen-bond donors (Lipinski definition) is 0. The molecule has 0 radical (unpaired) electrons. The van der Waals surface area contributed by atoms with Gasteiger partial charge in [0.2, 0.25) is 0 Å². The van der Waals surface area contributed by atoms with Crippen molar-refractivity contribution in [2.75, 3.05) is 13.2 Å². The van der Waals surface area contributed by atoms with Crippen molar-refractivity contribution in [2.24, 2.45) is 5.92 Å². The third-order valence-electron chi connectivity index (χ3n) is 6.51. The summed E-state index contributed by atoms with van der Waals surface area (Å²) in [4.78, 5) is 0. The summed E-state index contributed by atoms with van der Waals surface area (Å²) < 4.78 is 31.5. The molecule has 0 N–H and O–H groups in total. The molecule has 0 bridgehead atoms. The van der Waals surface area contributed by atoms with Crippen molar-refractivity contribution in [3.8, 4) is 0 Å². The van der Waals surface area contributed by atoms with E-state index in [-0.39, 0.29) is 0 Å². The second-order valence-electron chi connectivity index (χ2n) is 8.87. The van der Waals surface area contributed by atoms with Crippen molar-refractivity contribution >= 4 is 26.0 Å². The second kappa shape index (κ2) is 15.5. The standard InChI is InChI=1S/C12H22O3P.3C4H9.Sn/c1-3-14-16(13,15-4-2)11-10-12-8-6-5-7-9-12;3*1-3-4-2;/h10,12H,3-9H2,1-2H3;3*1,3-4H2,2H3;. The fraction of sp³-hybridized carbons (Fsp3) is 0.917. The summed E-state index contributed by atoms with van der Waals surface area (Å²) >= 11 is -2.90. The Bertz CT molecular complexity index is 469. The molecule has 0 atom stereocenters. The molecule has 29 heavy (non-hydrogen) atoms. The number of allylic oxidation sites excluding steroid dienone is 1. The Balaban J connectivity index is 3.51. The van der Waals surface area contributed by atoms with Gasteiger partial charge in [-0.3, -0.25) is 0 Å². The van der Waals surface area contributed by atoms with Crippen molar-refractivity contribution in [1.29, 1.82) is 0 Å². The van der Waals surface area contributed by atoms with Crippen LogP contribution in [0.5, 0.6) is 0 Å². The van der Waals surface area contributed by atoms with E-state index in [1.807, 2.05) is 13.8 Å². The Morgan fingerprint density at radius 1 is 0.828 bits per heavy atom. The molecule has 0 aromatic heterocycles. The fourth-order valence-electron chi connectivity index (χ4n) is 4.90. The first-order valence-corrected chi connectivity index (χ1v) is 21.7. The summed E-state index contributed by atoms with van der Waals surface area (Å²) in [5, 5.41) is 0. The van der Waals surface area contributed by atoms with Crippen molar-refractivity contribution in [3.63, 3.8) is 0 Å². The van der Waals surface area contributed by atoms with Crippen LogP contribution in [0.15, 0.2) is 9.41 Å². The summed E-state index contributed by atoms with van der Waals surface area (Å²) in [6.45, 7) is 11.8. The maximum atomic E-state index is 14.3. The normalized spacial score (nSPS) is 17.1. The number of hydrogen-bond acceptors (Lipinski definition) is 3. The Labute approximate surface area is 186 Å². The molecule has 172 valence electrons. The summed E-state index contributed by atoms with van der Waals surface area (Å²) in [7, 11) is -3.18. The number of rotatable bonds is 16. The third kappa shape index (κ3) is 8.99. The average molecular weight is 535 g/mol. The summed E-state index contributed by atoms with van der Waals surface area (Å²) in [6.07, 6.45) is 16.4. The molecule has 1 aliphatic rings. The molecule has 0 aliphatic heterocycles. The number of unbranched alkanes of at least 4 members (excludes halogenated alkanes) is 3. The van der Waals surface area contributed by atoms with Crippen LogP contribution in [-0.2, 0) is 13.6 Å². The molecule has 5 heteroatoms. The Morgan fingerprint density at radius 2 is 1.28 bits per heavy atom. The zero-order chi connectivity index (χ0) is 21.6. The molecular formula is C24H49O3PSn. The van der Waals surface area contributed by atoms with Crippen LogP contribution in [0, 0.1) is 5.92 Å². The topological polar surface area (TPSA) is 35.5 Å². The van der Waals surface area contributed by atoms with E-state index in [0.29, 0.717) is 19.1 Å². The van der Waals surface area contributed by atoms with Gasteiger partial charge in [-0.25, -0.2) is 0 Å². The van der Waals surface area contributed by atoms with Gasteiger partial charge in [0.15, 0.2) is 0 Å². The Hall–Kier alpha value is 0.689. The van der Waals surface area contributed by atoms with Crippen LogP contribution >= 0.6 is 7.60 Å². The molecular weight excluding hydrogens is 486 g/mol. The molecule has 3 nitrogen and oxygen atoms in total. The minimum atomic E-state index is -3.18. The molecule has 1 fully saturated rings. The van der Waals surface area contributed by atoms with Crippen molar-refractivity contribution < 1.29 is 13.6 Å². The SMILES string of the molecule is CCC[CH2][Sn]([CH2]CCC)([CH2]CCC)/[C](=C/C1CCCCC1)P(=O)(OCC)OCC. The second-order valence-corrected chi connectivity index (χ2v) is 25.2. The van der Waals surface area contributed by atoms with Crippen LogP contribution in [0.2, 0.25) is 13.3 Å². The summed E-state index contributed by atoms with van der Waals surface area (Å²) in [5.74, 6) is 0.578. The van der Waals surface area contributed by atoms with Gasteiger partial charge in [0, 0.05) is 0 Å². The van der Waals surface area contributed by atoms with Crippen LogP contribution in [0.1, 0.15) is 105 Å². The van der Waals surface area contributed by atoms with E-state index in [0.717, 1.165) is 0 Å². The minimum absolute atomic E-state index is 0.469. The average Bonchev–Trinajstić information content (AvgIpc) is 2.73.